The minimum atomic E-state index is -0.277. The maximum atomic E-state index is 12.8. The third-order valence-corrected chi connectivity index (χ3v) is 2.08. The number of nitrogens with zero attached hydrogens (tertiary/aromatic N) is 2. The summed E-state index contributed by atoms with van der Waals surface area (Å²) in [5, 5.41) is 0. The Hall–Kier alpha value is -1.42. The van der Waals surface area contributed by atoms with Gasteiger partial charge in [-0.15, -0.1) is 0 Å². The van der Waals surface area contributed by atoms with Crippen LogP contribution in [0.1, 0.15) is 11.4 Å². The first-order chi connectivity index (χ1) is 6.22. The zero-order valence-electron chi connectivity index (χ0n) is 7.29. The Balaban J connectivity index is 2.79. The van der Waals surface area contributed by atoms with E-state index in [4.69, 9.17) is 5.73 Å². The lowest BCUT2D eigenvalue weighted by Crippen LogP contribution is -2.02. The quantitative estimate of drug-likeness (QED) is 0.715. The van der Waals surface area contributed by atoms with Crippen LogP contribution < -0.4 is 5.73 Å². The lowest BCUT2D eigenvalue weighted by Gasteiger charge is -1.97. The molecule has 0 saturated carbocycles. The van der Waals surface area contributed by atoms with Gasteiger partial charge >= 0.3 is 0 Å². The van der Waals surface area contributed by atoms with E-state index in [1.165, 1.54) is 12.1 Å². The van der Waals surface area contributed by atoms with Crippen LogP contribution in [0, 0.1) is 12.7 Å². The number of imidazole rings is 1. The van der Waals surface area contributed by atoms with E-state index in [1.807, 2.05) is 6.92 Å². The lowest BCUT2D eigenvalue weighted by molar-refractivity contribution is 0.626. The van der Waals surface area contributed by atoms with Crippen LogP contribution in [0.2, 0.25) is 0 Å². The zero-order chi connectivity index (χ0) is 9.42. The number of hydrogen-bond acceptors (Lipinski definition) is 2. The summed E-state index contributed by atoms with van der Waals surface area (Å²) in [7, 11) is 0. The van der Waals surface area contributed by atoms with Crippen molar-refractivity contribution in [3.8, 4) is 0 Å². The molecule has 2 N–H and O–H groups in total. The molecule has 68 valence electrons. The Bertz CT molecular complexity index is 447. The maximum Gasteiger partial charge on any atom is 0.140 e. The topological polar surface area (TPSA) is 43.3 Å². The number of halogens is 1. The highest BCUT2D eigenvalue weighted by Crippen LogP contribution is 2.12. The Morgan fingerprint density at radius 1 is 1.62 bits per heavy atom. The second-order valence-corrected chi connectivity index (χ2v) is 2.92. The van der Waals surface area contributed by atoms with E-state index in [0.717, 1.165) is 11.4 Å². The van der Waals surface area contributed by atoms with E-state index in [0.29, 0.717) is 12.2 Å². The molecule has 0 bridgehead atoms. The molecule has 2 aromatic heterocycles. The molecule has 2 aromatic rings. The highest BCUT2D eigenvalue weighted by molar-refractivity contribution is 5.43. The summed E-state index contributed by atoms with van der Waals surface area (Å²) in [6, 6.07) is 2.79. The monoisotopic (exact) mass is 179 g/mol. The standard InChI is InChI=1S/C9H10FN3/c1-6-8(5-11)13-3-2-7(10)4-9(13)12-6/h2-4H,5,11H2,1H3. The lowest BCUT2D eigenvalue weighted by atomic mass is 10.3. The molecular formula is C9H10FN3. The van der Waals surface area contributed by atoms with Gasteiger partial charge in [0.05, 0.1) is 11.4 Å². The minimum absolute atomic E-state index is 0.277. The molecule has 2 heterocycles. The van der Waals surface area contributed by atoms with Gasteiger partial charge in [-0.05, 0) is 13.0 Å². The Morgan fingerprint density at radius 2 is 2.38 bits per heavy atom. The van der Waals surface area contributed by atoms with Crippen molar-refractivity contribution < 1.29 is 4.39 Å². The first-order valence-corrected chi connectivity index (χ1v) is 4.05. The molecular weight excluding hydrogens is 169 g/mol. The molecule has 0 amide bonds. The van der Waals surface area contributed by atoms with Crippen molar-refractivity contribution in [3.05, 3.63) is 35.5 Å². The summed E-state index contributed by atoms with van der Waals surface area (Å²) in [5.41, 5.74) is 7.93. The van der Waals surface area contributed by atoms with Crippen molar-refractivity contribution in [2.75, 3.05) is 0 Å². The fourth-order valence-electron chi connectivity index (χ4n) is 1.43. The molecule has 0 aliphatic rings. The van der Waals surface area contributed by atoms with Crippen molar-refractivity contribution in [2.24, 2.45) is 5.73 Å². The van der Waals surface area contributed by atoms with Crippen LogP contribution in [0.15, 0.2) is 18.3 Å². The molecule has 0 fully saturated rings. The first-order valence-electron chi connectivity index (χ1n) is 4.05. The van der Waals surface area contributed by atoms with Gasteiger partial charge in [0.2, 0.25) is 0 Å². The fourth-order valence-corrected chi connectivity index (χ4v) is 1.43. The van der Waals surface area contributed by atoms with Crippen LogP contribution in [0.25, 0.3) is 5.65 Å². The van der Waals surface area contributed by atoms with Gasteiger partial charge < -0.3 is 10.1 Å². The van der Waals surface area contributed by atoms with Crippen molar-refractivity contribution in [2.45, 2.75) is 13.5 Å². The van der Waals surface area contributed by atoms with Gasteiger partial charge in [0, 0.05) is 18.8 Å². The molecule has 4 heteroatoms. The highest BCUT2D eigenvalue weighted by atomic mass is 19.1. The van der Waals surface area contributed by atoms with Gasteiger partial charge in [0.1, 0.15) is 11.5 Å². The molecule has 0 saturated heterocycles. The molecule has 2 rings (SSSR count). The van der Waals surface area contributed by atoms with E-state index in [-0.39, 0.29) is 5.82 Å². The summed E-state index contributed by atoms with van der Waals surface area (Å²) in [5.74, 6) is -0.277. The van der Waals surface area contributed by atoms with Gasteiger partial charge in [-0.2, -0.15) is 0 Å². The Kier molecular flexibility index (Phi) is 1.77. The van der Waals surface area contributed by atoms with Crippen LogP contribution in [0.5, 0.6) is 0 Å². The molecule has 3 nitrogen and oxygen atoms in total. The summed E-state index contributed by atoms with van der Waals surface area (Å²) in [6.45, 7) is 2.28. The SMILES string of the molecule is Cc1nc2cc(F)ccn2c1CN. The van der Waals surface area contributed by atoms with Crippen LogP contribution in [0.3, 0.4) is 0 Å². The molecule has 0 radical (unpaired) electrons. The predicted octanol–water partition coefficient (Wildman–Crippen LogP) is 1.24. The van der Waals surface area contributed by atoms with Crippen LogP contribution in [-0.4, -0.2) is 9.38 Å². The average Bonchev–Trinajstić information content (AvgIpc) is 2.39. The van der Waals surface area contributed by atoms with Crippen LogP contribution in [0.4, 0.5) is 4.39 Å². The summed E-state index contributed by atoms with van der Waals surface area (Å²) in [6.07, 6.45) is 1.65. The normalized spacial score (nSPS) is 11.0. The Labute approximate surface area is 75.0 Å². The van der Waals surface area contributed by atoms with Gasteiger partial charge in [-0.25, -0.2) is 9.37 Å². The highest BCUT2D eigenvalue weighted by Gasteiger charge is 2.06. The van der Waals surface area contributed by atoms with Crippen molar-refractivity contribution in [3.63, 3.8) is 0 Å². The number of aryl methyl sites for hydroxylation is 1. The second kappa shape index (κ2) is 2.81. The molecule has 0 spiro atoms. The van der Waals surface area contributed by atoms with E-state index in [1.54, 1.807) is 10.6 Å². The van der Waals surface area contributed by atoms with Gasteiger partial charge in [-0.1, -0.05) is 0 Å². The smallest absolute Gasteiger partial charge is 0.140 e. The van der Waals surface area contributed by atoms with Crippen molar-refractivity contribution >= 4 is 5.65 Å². The van der Waals surface area contributed by atoms with E-state index in [9.17, 15) is 4.39 Å². The van der Waals surface area contributed by atoms with Gasteiger partial charge in [-0.3, -0.25) is 0 Å². The van der Waals surface area contributed by atoms with Crippen LogP contribution >= 0.6 is 0 Å². The average molecular weight is 179 g/mol. The molecule has 0 aromatic carbocycles. The van der Waals surface area contributed by atoms with E-state index >= 15 is 0 Å². The maximum absolute atomic E-state index is 12.8. The van der Waals surface area contributed by atoms with Crippen molar-refractivity contribution in [1.82, 2.24) is 9.38 Å². The largest absolute Gasteiger partial charge is 0.325 e. The summed E-state index contributed by atoms with van der Waals surface area (Å²) < 4.78 is 14.6. The predicted molar refractivity (Wildman–Crippen MR) is 47.8 cm³/mol. The minimum Gasteiger partial charge on any atom is -0.325 e. The number of nitrogens with two attached hydrogens (primary N) is 1. The fraction of sp³-hybridized carbons (Fsp3) is 0.222. The first kappa shape index (κ1) is 8.19. The van der Waals surface area contributed by atoms with E-state index in [2.05, 4.69) is 4.98 Å². The van der Waals surface area contributed by atoms with Crippen LogP contribution in [-0.2, 0) is 6.54 Å². The third-order valence-electron chi connectivity index (χ3n) is 2.08. The number of rotatable bonds is 1. The molecule has 0 atom stereocenters. The zero-order valence-corrected chi connectivity index (χ0v) is 7.29. The number of hydrogen-bond donors (Lipinski definition) is 1. The molecule has 13 heavy (non-hydrogen) atoms. The number of fused-ring (bicyclic) bond motifs is 1. The van der Waals surface area contributed by atoms with Gasteiger partial charge in [0.25, 0.3) is 0 Å². The molecule has 0 unspecified atom stereocenters. The van der Waals surface area contributed by atoms with Gasteiger partial charge in [0.15, 0.2) is 0 Å². The Morgan fingerprint density at radius 3 is 3.08 bits per heavy atom. The number of pyridine rings is 1. The summed E-state index contributed by atoms with van der Waals surface area (Å²) >= 11 is 0. The molecule has 0 aliphatic carbocycles. The number of aromatic nitrogens is 2. The molecule has 0 aliphatic heterocycles. The van der Waals surface area contributed by atoms with Crippen molar-refractivity contribution in [1.29, 1.82) is 0 Å². The van der Waals surface area contributed by atoms with E-state index < -0.39 is 0 Å². The summed E-state index contributed by atoms with van der Waals surface area (Å²) in [4.78, 5) is 4.19. The second-order valence-electron chi connectivity index (χ2n) is 2.92. The third kappa shape index (κ3) is 1.19.